The molecule has 3 heterocycles. The molecule has 1 atom stereocenters. The second-order valence-corrected chi connectivity index (χ2v) is 6.22. The molecule has 2 aromatic rings. The summed E-state index contributed by atoms with van der Waals surface area (Å²) in [5.41, 5.74) is 2.65. The Bertz CT molecular complexity index is 701. The van der Waals surface area contributed by atoms with E-state index in [0.29, 0.717) is 6.04 Å². The van der Waals surface area contributed by atoms with Crippen molar-refractivity contribution in [2.24, 2.45) is 0 Å². The fraction of sp³-hybridized carbons (Fsp3) is 0.529. The van der Waals surface area contributed by atoms with Crippen LogP contribution in [-0.2, 0) is 6.54 Å². The maximum atomic E-state index is 12.3. The van der Waals surface area contributed by atoms with E-state index in [4.69, 9.17) is 4.98 Å². The molecule has 1 N–H and O–H groups in total. The molecule has 0 aromatic carbocycles. The van der Waals surface area contributed by atoms with Crippen LogP contribution in [-0.4, -0.2) is 40.5 Å². The van der Waals surface area contributed by atoms with Crippen LogP contribution in [0.3, 0.4) is 0 Å². The van der Waals surface area contributed by atoms with Crippen molar-refractivity contribution >= 4 is 5.65 Å². The lowest BCUT2D eigenvalue weighted by Crippen LogP contribution is -2.33. The molecule has 3 rings (SSSR count). The molecule has 118 valence electrons. The van der Waals surface area contributed by atoms with Gasteiger partial charge in [0.15, 0.2) is 0 Å². The van der Waals surface area contributed by atoms with Crippen molar-refractivity contribution in [2.45, 2.75) is 38.8 Å². The lowest BCUT2D eigenvalue weighted by atomic mass is 10.1. The molecule has 0 radical (unpaired) electrons. The van der Waals surface area contributed by atoms with Crippen LogP contribution in [0.1, 0.15) is 30.5 Å². The molecular formula is C17H24N4O. The van der Waals surface area contributed by atoms with Gasteiger partial charge in [0.25, 0.3) is 5.56 Å². The molecule has 2 aromatic heterocycles. The average molecular weight is 300 g/mol. The van der Waals surface area contributed by atoms with E-state index < -0.39 is 0 Å². The molecule has 0 saturated carbocycles. The highest BCUT2D eigenvalue weighted by Gasteiger charge is 2.17. The predicted molar refractivity (Wildman–Crippen MR) is 88.2 cm³/mol. The summed E-state index contributed by atoms with van der Waals surface area (Å²) < 4.78 is 1.62. The van der Waals surface area contributed by atoms with Crippen molar-refractivity contribution < 1.29 is 0 Å². The van der Waals surface area contributed by atoms with E-state index in [1.807, 2.05) is 19.1 Å². The zero-order valence-electron chi connectivity index (χ0n) is 13.4. The molecule has 1 aliphatic heterocycles. The Kier molecular flexibility index (Phi) is 4.55. The van der Waals surface area contributed by atoms with Gasteiger partial charge in [-0.05, 0) is 58.0 Å². The fourth-order valence-corrected chi connectivity index (χ4v) is 3.22. The van der Waals surface area contributed by atoms with Gasteiger partial charge in [-0.15, -0.1) is 0 Å². The zero-order chi connectivity index (χ0) is 15.5. The first-order chi connectivity index (χ1) is 10.6. The number of pyridine rings is 1. The zero-order valence-corrected chi connectivity index (χ0v) is 13.4. The van der Waals surface area contributed by atoms with Gasteiger partial charge in [-0.2, -0.15) is 0 Å². The highest BCUT2D eigenvalue weighted by atomic mass is 16.1. The molecule has 1 saturated heterocycles. The SMILES string of the molecule is Cc1cccn2c(=O)cc(CN(C)C3CCCNCC3)nc12. The molecule has 1 unspecified atom stereocenters. The number of hydrogen-bond acceptors (Lipinski definition) is 4. The van der Waals surface area contributed by atoms with Gasteiger partial charge >= 0.3 is 0 Å². The van der Waals surface area contributed by atoms with Crippen LogP contribution < -0.4 is 10.9 Å². The van der Waals surface area contributed by atoms with Crippen molar-refractivity contribution in [3.8, 4) is 0 Å². The summed E-state index contributed by atoms with van der Waals surface area (Å²) in [7, 11) is 2.14. The highest BCUT2D eigenvalue weighted by molar-refractivity contribution is 5.46. The molecular weight excluding hydrogens is 276 g/mol. The Morgan fingerprint density at radius 3 is 3.14 bits per heavy atom. The van der Waals surface area contributed by atoms with Crippen LogP contribution in [0.5, 0.6) is 0 Å². The van der Waals surface area contributed by atoms with Gasteiger partial charge < -0.3 is 5.32 Å². The molecule has 0 amide bonds. The molecule has 0 spiro atoms. The van der Waals surface area contributed by atoms with Gasteiger partial charge in [0, 0.05) is 24.8 Å². The minimum Gasteiger partial charge on any atom is -0.317 e. The van der Waals surface area contributed by atoms with E-state index in [0.717, 1.165) is 43.0 Å². The minimum absolute atomic E-state index is 0.000340. The van der Waals surface area contributed by atoms with Gasteiger partial charge in [-0.3, -0.25) is 14.1 Å². The predicted octanol–water partition coefficient (Wildman–Crippen LogP) is 1.58. The van der Waals surface area contributed by atoms with Crippen molar-refractivity contribution in [3.05, 3.63) is 46.0 Å². The normalized spacial score (nSPS) is 19.5. The second kappa shape index (κ2) is 6.58. The second-order valence-electron chi connectivity index (χ2n) is 6.22. The van der Waals surface area contributed by atoms with Crippen LogP contribution in [0.2, 0.25) is 0 Å². The summed E-state index contributed by atoms with van der Waals surface area (Å²) in [6.07, 6.45) is 5.35. The number of aryl methyl sites for hydroxylation is 1. The number of nitrogens with one attached hydrogen (secondary N) is 1. The summed E-state index contributed by atoms with van der Waals surface area (Å²) in [4.78, 5) is 19.3. The van der Waals surface area contributed by atoms with Crippen LogP contribution in [0.4, 0.5) is 0 Å². The number of aromatic nitrogens is 2. The quantitative estimate of drug-likeness (QED) is 0.935. The lowest BCUT2D eigenvalue weighted by molar-refractivity contribution is 0.214. The molecule has 5 heteroatoms. The summed E-state index contributed by atoms with van der Waals surface area (Å²) in [6.45, 7) is 4.90. The third-order valence-corrected chi connectivity index (χ3v) is 4.52. The Balaban J connectivity index is 1.84. The summed E-state index contributed by atoms with van der Waals surface area (Å²) in [6, 6.07) is 6.10. The Morgan fingerprint density at radius 1 is 1.41 bits per heavy atom. The maximum absolute atomic E-state index is 12.3. The van der Waals surface area contributed by atoms with E-state index in [-0.39, 0.29) is 5.56 Å². The summed E-state index contributed by atoms with van der Waals surface area (Å²) in [5.74, 6) is 0. The van der Waals surface area contributed by atoms with Crippen molar-refractivity contribution in [2.75, 3.05) is 20.1 Å². The van der Waals surface area contributed by atoms with E-state index in [1.54, 1.807) is 16.7 Å². The monoisotopic (exact) mass is 300 g/mol. The van der Waals surface area contributed by atoms with Crippen LogP contribution in [0.25, 0.3) is 5.65 Å². The summed E-state index contributed by atoms with van der Waals surface area (Å²) >= 11 is 0. The first-order valence-electron chi connectivity index (χ1n) is 8.04. The highest BCUT2D eigenvalue weighted by Crippen LogP contribution is 2.14. The van der Waals surface area contributed by atoms with Gasteiger partial charge in [0.1, 0.15) is 5.65 Å². The van der Waals surface area contributed by atoms with Crippen molar-refractivity contribution in [1.82, 2.24) is 19.6 Å². The van der Waals surface area contributed by atoms with Crippen molar-refractivity contribution in [3.63, 3.8) is 0 Å². The van der Waals surface area contributed by atoms with E-state index >= 15 is 0 Å². The topological polar surface area (TPSA) is 49.6 Å². The van der Waals surface area contributed by atoms with E-state index in [1.165, 1.54) is 12.8 Å². The molecule has 5 nitrogen and oxygen atoms in total. The van der Waals surface area contributed by atoms with Crippen LogP contribution >= 0.6 is 0 Å². The molecule has 1 aliphatic rings. The van der Waals surface area contributed by atoms with Gasteiger partial charge in [0.2, 0.25) is 0 Å². The fourth-order valence-electron chi connectivity index (χ4n) is 3.22. The largest absolute Gasteiger partial charge is 0.317 e. The number of rotatable bonds is 3. The molecule has 0 bridgehead atoms. The molecule has 22 heavy (non-hydrogen) atoms. The van der Waals surface area contributed by atoms with Crippen LogP contribution in [0, 0.1) is 6.92 Å². The van der Waals surface area contributed by atoms with Crippen molar-refractivity contribution in [1.29, 1.82) is 0 Å². The van der Waals surface area contributed by atoms with Gasteiger partial charge in [0.05, 0.1) is 5.69 Å². The third-order valence-electron chi connectivity index (χ3n) is 4.52. The van der Waals surface area contributed by atoms with Gasteiger partial charge in [-0.25, -0.2) is 4.98 Å². The molecule has 0 aliphatic carbocycles. The Morgan fingerprint density at radius 2 is 2.27 bits per heavy atom. The number of nitrogens with zero attached hydrogens (tertiary/aromatic N) is 3. The smallest absolute Gasteiger partial charge is 0.258 e. The van der Waals surface area contributed by atoms with E-state index in [9.17, 15) is 4.79 Å². The lowest BCUT2D eigenvalue weighted by Gasteiger charge is -2.26. The summed E-state index contributed by atoms with van der Waals surface area (Å²) in [5, 5.41) is 3.44. The number of fused-ring (bicyclic) bond motifs is 1. The maximum Gasteiger partial charge on any atom is 0.258 e. The molecule has 1 fully saturated rings. The first kappa shape index (κ1) is 15.2. The average Bonchev–Trinajstić information content (AvgIpc) is 2.78. The standard InChI is InChI=1S/C17H24N4O/c1-13-5-4-10-21-16(22)11-14(19-17(13)21)12-20(2)15-6-3-8-18-9-7-15/h4-5,10-11,15,18H,3,6-9,12H2,1-2H3. The Labute approximate surface area is 131 Å². The first-order valence-corrected chi connectivity index (χ1v) is 8.04. The van der Waals surface area contributed by atoms with Gasteiger partial charge in [-0.1, -0.05) is 6.07 Å². The third kappa shape index (κ3) is 3.20. The minimum atomic E-state index is -0.000340. The number of hydrogen-bond donors (Lipinski definition) is 1. The Hall–Kier alpha value is -1.72. The van der Waals surface area contributed by atoms with Crippen LogP contribution in [0.15, 0.2) is 29.2 Å². The van der Waals surface area contributed by atoms with E-state index in [2.05, 4.69) is 17.3 Å².